The van der Waals surface area contributed by atoms with E-state index in [1.807, 2.05) is 0 Å². The summed E-state index contributed by atoms with van der Waals surface area (Å²) < 4.78 is 51.9. The molecule has 0 aliphatic carbocycles. The fourth-order valence-electron chi connectivity index (χ4n) is 1.73. The molecule has 7 heteroatoms. The zero-order valence-electron chi connectivity index (χ0n) is 11.0. The molecule has 0 aliphatic heterocycles. The Bertz CT molecular complexity index is 731. The lowest BCUT2D eigenvalue weighted by molar-refractivity contribution is 0.506. The molecule has 2 rings (SSSR count). The Hall–Kier alpha value is -1.99. The molecule has 0 atom stereocenters. The lowest BCUT2D eigenvalue weighted by Gasteiger charge is -2.07. The summed E-state index contributed by atoms with van der Waals surface area (Å²) in [4.78, 5) is 0. The molecule has 0 saturated carbocycles. The molecule has 3 N–H and O–H groups in total. The molecule has 0 bridgehead atoms. The monoisotopic (exact) mass is 312 g/mol. The van der Waals surface area contributed by atoms with E-state index in [4.69, 9.17) is 5.73 Å². The predicted molar refractivity (Wildman–Crippen MR) is 76.7 cm³/mol. The lowest BCUT2D eigenvalue weighted by atomic mass is 10.2. The van der Waals surface area contributed by atoms with E-state index in [-0.39, 0.29) is 12.3 Å². The van der Waals surface area contributed by atoms with Gasteiger partial charge in [0.15, 0.2) is 11.6 Å². The third-order valence-corrected chi connectivity index (χ3v) is 4.11. The second-order valence-corrected chi connectivity index (χ2v) is 6.38. The van der Waals surface area contributed by atoms with Crippen molar-refractivity contribution in [2.24, 2.45) is 0 Å². The Kier molecular flexibility index (Phi) is 4.54. The molecule has 0 amide bonds. The molecule has 0 radical (unpaired) electrons. The first-order valence-electron chi connectivity index (χ1n) is 6.11. The maximum atomic E-state index is 13.0. The quantitative estimate of drug-likeness (QED) is 0.831. The molecule has 0 fully saturated rings. The van der Waals surface area contributed by atoms with Crippen molar-refractivity contribution in [3.05, 3.63) is 65.2 Å². The normalized spacial score (nSPS) is 11.5. The van der Waals surface area contributed by atoms with E-state index in [1.54, 1.807) is 24.3 Å². The van der Waals surface area contributed by atoms with Gasteiger partial charge in [0, 0.05) is 12.2 Å². The molecule has 4 nitrogen and oxygen atoms in total. The minimum Gasteiger partial charge on any atom is -0.399 e. The first-order valence-corrected chi connectivity index (χ1v) is 7.77. The van der Waals surface area contributed by atoms with Crippen LogP contribution in [0.5, 0.6) is 0 Å². The standard InChI is InChI=1S/C14H14F2N2O2S/c15-13-6-3-11(7-14(13)16)8-18-21(19,20)9-10-1-4-12(17)5-2-10/h1-7,18H,8-9,17H2. The van der Waals surface area contributed by atoms with Gasteiger partial charge in [-0.25, -0.2) is 21.9 Å². The number of anilines is 1. The van der Waals surface area contributed by atoms with Gasteiger partial charge in [-0.1, -0.05) is 18.2 Å². The number of nitrogen functional groups attached to an aromatic ring is 1. The zero-order chi connectivity index (χ0) is 15.5. The summed E-state index contributed by atoms with van der Waals surface area (Å²) in [7, 11) is -3.58. The number of hydrogen-bond acceptors (Lipinski definition) is 3. The maximum absolute atomic E-state index is 13.0. The number of hydrogen-bond donors (Lipinski definition) is 2. The first-order chi connectivity index (χ1) is 9.85. The van der Waals surface area contributed by atoms with E-state index in [2.05, 4.69) is 4.72 Å². The van der Waals surface area contributed by atoms with Gasteiger partial charge in [0.05, 0.1) is 5.75 Å². The smallest absolute Gasteiger partial charge is 0.216 e. The van der Waals surface area contributed by atoms with E-state index in [9.17, 15) is 17.2 Å². The highest BCUT2D eigenvalue weighted by Crippen LogP contribution is 2.11. The number of sulfonamides is 1. The van der Waals surface area contributed by atoms with Gasteiger partial charge >= 0.3 is 0 Å². The fraction of sp³-hybridized carbons (Fsp3) is 0.143. The highest BCUT2D eigenvalue weighted by Gasteiger charge is 2.12. The average Bonchev–Trinajstić information content (AvgIpc) is 2.43. The molecule has 0 spiro atoms. The van der Waals surface area contributed by atoms with Crippen LogP contribution >= 0.6 is 0 Å². The minimum atomic E-state index is -3.58. The van der Waals surface area contributed by atoms with Gasteiger partial charge in [-0.15, -0.1) is 0 Å². The molecule has 2 aromatic carbocycles. The molecule has 112 valence electrons. The number of halogens is 2. The van der Waals surface area contributed by atoms with E-state index in [0.717, 1.165) is 12.1 Å². The summed E-state index contributed by atoms with van der Waals surface area (Å²) in [6, 6.07) is 9.70. The van der Waals surface area contributed by atoms with Crippen LogP contribution in [0, 0.1) is 11.6 Å². The highest BCUT2D eigenvalue weighted by atomic mass is 32.2. The van der Waals surface area contributed by atoms with Crippen LogP contribution in [0.1, 0.15) is 11.1 Å². The Morgan fingerprint density at radius 1 is 0.952 bits per heavy atom. The summed E-state index contributed by atoms with van der Waals surface area (Å²) in [5.41, 5.74) is 6.99. The van der Waals surface area contributed by atoms with Crippen LogP contribution in [0.25, 0.3) is 0 Å². The Morgan fingerprint density at radius 2 is 1.57 bits per heavy atom. The van der Waals surface area contributed by atoms with Crippen molar-refractivity contribution in [2.75, 3.05) is 5.73 Å². The third-order valence-electron chi connectivity index (χ3n) is 2.82. The van der Waals surface area contributed by atoms with Crippen molar-refractivity contribution in [1.29, 1.82) is 0 Å². The number of nitrogens with two attached hydrogens (primary N) is 1. The lowest BCUT2D eigenvalue weighted by Crippen LogP contribution is -2.24. The summed E-state index contributed by atoms with van der Waals surface area (Å²) in [5, 5.41) is 0. The van der Waals surface area contributed by atoms with E-state index in [0.29, 0.717) is 16.8 Å². The van der Waals surface area contributed by atoms with Gasteiger partial charge in [-0.3, -0.25) is 0 Å². The van der Waals surface area contributed by atoms with Crippen molar-refractivity contribution in [3.8, 4) is 0 Å². The largest absolute Gasteiger partial charge is 0.399 e. The van der Waals surface area contributed by atoms with Crippen LogP contribution in [0.15, 0.2) is 42.5 Å². The number of nitrogens with one attached hydrogen (secondary N) is 1. The minimum absolute atomic E-state index is 0.103. The highest BCUT2D eigenvalue weighted by molar-refractivity contribution is 7.88. The fourth-order valence-corrected chi connectivity index (χ4v) is 2.85. The zero-order valence-corrected chi connectivity index (χ0v) is 11.8. The van der Waals surface area contributed by atoms with E-state index < -0.39 is 21.7 Å². The average molecular weight is 312 g/mol. The van der Waals surface area contributed by atoms with Gasteiger partial charge in [0.25, 0.3) is 0 Å². The number of benzene rings is 2. The summed E-state index contributed by atoms with van der Waals surface area (Å²) in [6.07, 6.45) is 0. The second-order valence-electron chi connectivity index (χ2n) is 4.57. The molecule has 0 aliphatic rings. The maximum Gasteiger partial charge on any atom is 0.216 e. The van der Waals surface area contributed by atoms with Gasteiger partial charge < -0.3 is 5.73 Å². The molecular weight excluding hydrogens is 298 g/mol. The van der Waals surface area contributed by atoms with Gasteiger partial charge in [-0.05, 0) is 35.4 Å². The molecule has 0 aromatic heterocycles. The Labute approximate surface area is 121 Å². The third kappa shape index (κ3) is 4.51. The number of rotatable bonds is 5. The molecule has 2 aromatic rings. The van der Waals surface area contributed by atoms with E-state index >= 15 is 0 Å². The van der Waals surface area contributed by atoms with Crippen LogP contribution < -0.4 is 10.5 Å². The van der Waals surface area contributed by atoms with E-state index in [1.165, 1.54) is 6.07 Å². The van der Waals surface area contributed by atoms with Gasteiger partial charge in [0.1, 0.15) is 0 Å². The summed E-state index contributed by atoms with van der Waals surface area (Å²) >= 11 is 0. The van der Waals surface area contributed by atoms with Crippen molar-refractivity contribution in [2.45, 2.75) is 12.3 Å². The molecule has 0 unspecified atom stereocenters. The van der Waals surface area contributed by atoms with Gasteiger partial charge in [0.2, 0.25) is 10.0 Å². The van der Waals surface area contributed by atoms with Crippen LogP contribution in [0.4, 0.5) is 14.5 Å². The Morgan fingerprint density at radius 3 is 2.19 bits per heavy atom. The molecule has 0 saturated heterocycles. The summed E-state index contributed by atoms with van der Waals surface area (Å²) in [5.74, 6) is -2.19. The van der Waals surface area contributed by atoms with Crippen LogP contribution in [-0.2, 0) is 22.3 Å². The summed E-state index contributed by atoms with van der Waals surface area (Å²) in [6.45, 7) is -0.103. The second kappa shape index (κ2) is 6.19. The van der Waals surface area contributed by atoms with Gasteiger partial charge in [-0.2, -0.15) is 0 Å². The topological polar surface area (TPSA) is 72.2 Å². The van der Waals surface area contributed by atoms with Crippen LogP contribution in [0.3, 0.4) is 0 Å². The SMILES string of the molecule is Nc1ccc(CS(=O)(=O)NCc2ccc(F)c(F)c2)cc1. The van der Waals surface area contributed by atoms with Crippen molar-refractivity contribution < 1.29 is 17.2 Å². The first kappa shape index (κ1) is 15.4. The van der Waals surface area contributed by atoms with Crippen LogP contribution in [-0.4, -0.2) is 8.42 Å². The molecular formula is C14H14F2N2O2S. The molecule has 21 heavy (non-hydrogen) atoms. The van der Waals surface area contributed by atoms with Crippen molar-refractivity contribution in [3.63, 3.8) is 0 Å². The molecule has 0 heterocycles. The predicted octanol–water partition coefficient (Wildman–Crippen LogP) is 2.17. The van der Waals surface area contributed by atoms with Crippen LogP contribution in [0.2, 0.25) is 0 Å². The Balaban J connectivity index is 2.00. The van der Waals surface area contributed by atoms with Crippen molar-refractivity contribution in [1.82, 2.24) is 4.72 Å². The van der Waals surface area contributed by atoms with Crippen molar-refractivity contribution >= 4 is 15.7 Å².